The van der Waals surface area contributed by atoms with E-state index in [1.807, 2.05) is 12.1 Å². The molecule has 3 fully saturated rings. The summed E-state index contributed by atoms with van der Waals surface area (Å²) >= 11 is 2.80. The van der Waals surface area contributed by atoms with Crippen LogP contribution in [0, 0.1) is 29.6 Å². The number of thiazole rings is 1. The minimum absolute atomic E-state index is 0.000219. The summed E-state index contributed by atoms with van der Waals surface area (Å²) in [7, 11) is 3.09. The van der Waals surface area contributed by atoms with Crippen molar-refractivity contribution in [2.24, 2.45) is 29.6 Å². The van der Waals surface area contributed by atoms with Crippen molar-refractivity contribution in [1.29, 1.82) is 0 Å². The lowest BCUT2D eigenvalue weighted by atomic mass is 9.68. The van der Waals surface area contributed by atoms with E-state index in [9.17, 15) is 24.0 Å². The van der Waals surface area contributed by atoms with Gasteiger partial charge in [0.2, 0.25) is 11.8 Å². The summed E-state index contributed by atoms with van der Waals surface area (Å²) in [6, 6.07) is 18.9. The van der Waals surface area contributed by atoms with E-state index in [2.05, 4.69) is 10.3 Å². The highest BCUT2D eigenvalue weighted by Crippen LogP contribution is 2.68. The average molecular weight is 742 g/mol. The molecule has 0 unspecified atom stereocenters. The number of rotatable bonds is 10. The molecule has 14 heteroatoms. The second kappa shape index (κ2) is 13.5. The van der Waals surface area contributed by atoms with Crippen molar-refractivity contribution in [3.05, 3.63) is 92.4 Å². The molecule has 0 radical (unpaired) electrons. The van der Waals surface area contributed by atoms with E-state index < -0.39 is 23.7 Å². The summed E-state index contributed by atoms with van der Waals surface area (Å²) in [4.78, 5) is 70.6. The molecule has 1 aromatic heterocycles. The van der Waals surface area contributed by atoms with Crippen molar-refractivity contribution in [3.63, 3.8) is 0 Å². The number of anilines is 2. The highest BCUT2D eigenvalue weighted by molar-refractivity contribution is 8.00. The Morgan fingerprint density at radius 1 is 0.904 bits per heavy atom. The third-order valence-electron chi connectivity index (χ3n) is 10.6. The number of nitrogens with one attached hydrogen (secondary N) is 2. The van der Waals surface area contributed by atoms with E-state index in [0.717, 1.165) is 21.9 Å². The summed E-state index contributed by atoms with van der Waals surface area (Å²) < 4.78 is 21.9. The number of fused-ring (bicyclic) bond motifs is 9. The predicted molar refractivity (Wildman–Crippen MR) is 193 cm³/mol. The third-order valence-corrected chi connectivity index (χ3v) is 13.2. The van der Waals surface area contributed by atoms with Crippen molar-refractivity contribution in [2.75, 3.05) is 37.7 Å². The number of esters is 1. The SMILES string of the molecule is CCOC(=O)c1ccc(NC(=O)COc2ccc([C@@H]3c4sc(=O)[nH]c4S[C@@H]4[C@@H]5C[C@@H]([C@@H]6C(=O)N(c7ccc(OC)cc7)C(=O)[C@@H]56)[C@H]34)cc2OC)cc1. The Labute approximate surface area is 306 Å². The van der Waals surface area contributed by atoms with Gasteiger partial charge in [-0.25, -0.2) is 4.79 Å². The maximum absolute atomic E-state index is 14.1. The van der Waals surface area contributed by atoms with E-state index >= 15 is 0 Å². The smallest absolute Gasteiger partial charge is 0.338 e. The molecule has 0 spiro atoms. The first kappa shape index (κ1) is 34.0. The molecule has 3 amide bonds. The lowest BCUT2D eigenvalue weighted by Gasteiger charge is -2.43. The number of aromatic nitrogens is 1. The number of ether oxygens (including phenoxy) is 4. The van der Waals surface area contributed by atoms with Crippen LogP contribution in [0.2, 0.25) is 0 Å². The standard InChI is InChI=1S/C38H35N3O9S2/c1-4-49-37(45)18-5-8-20(9-6-18)39-27(42)17-50-25-14-7-19(15-26(25)48-3)28-29-23-16-24(32(29)51-34-33(28)52-38(46)40-34)31-30(23)35(43)41(36(31)44)21-10-12-22(47-2)13-11-21/h5-15,23-24,28-32H,4,16-17H2,1-3H3,(H,39,42)(H,40,46)/t23-,24-,28+,29-,30+,31+,32-/m1/s1. The van der Waals surface area contributed by atoms with Gasteiger partial charge >= 0.3 is 10.8 Å². The molecule has 52 heavy (non-hydrogen) atoms. The van der Waals surface area contributed by atoms with Crippen LogP contribution in [0.25, 0.3) is 0 Å². The van der Waals surface area contributed by atoms with Gasteiger partial charge in [0.1, 0.15) is 5.75 Å². The fourth-order valence-corrected chi connectivity index (χ4v) is 11.5. The second-order valence-corrected chi connectivity index (χ2v) is 15.4. The molecule has 3 aromatic carbocycles. The molecule has 2 bridgehead atoms. The molecule has 3 heterocycles. The van der Waals surface area contributed by atoms with Gasteiger partial charge in [0, 0.05) is 21.7 Å². The number of aromatic amines is 1. The minimum atomic E-state index is -0.439. The Hall–Kier alpha value is -5.08. The fraction of sp³-hybridized carbons (Fsp3) is 0.342. The Bertz CT molecular complexity index is 2130. The second-order valence-electron chi connectivity index (χ2n) is 13.2. The normalized spacial score (nSPS) is 25.3. The molecule has 2 N–H and O–H groups in total. The number of H-pyrrole nitrogens is 1. The number of amides is 3. The first-order valence-corrected chi connectivity index (χ1v) is 18.7. The quantitative estimate of drug-likeness (QED) is 0.161. The van der Waals surface area contributed by atoms with Gasteiger partial charge in [-0.2, -0.15) is 0 Å². The van der Waals surface area contributed by atoms with Crippen LogP contribution in [0.4, 0.5) is 11.4 Å². The average Bonchev–Trinajstić information content (AvgIpc) is 3.89. The van der Waals surface area contributed by atoms with E-state index in [1.165, 1.54) is 23.3 Å². The number of benzene rings is 3. The highest BCUT2D eigenvalue weighted by atomic mass is 32.2. The van der Waals surface area contributed by atoms with Crippen LogP contribution in [0.3, 0.4) is 0 Å². The Morgan fingerprint density at radius 3 is 2.33 bits per heavy atom. The van der Waals surface area contributed by atoms with E-state index in [-0.39, 0.29) is 58.8 Å². The molecular weight excluding hydrogens is 707 g/mol. The number of thioether (sulfide) groups is 1. The molecule has 2 aliphatic heterocycles. The minimum Gasteiger partial charge on any atom is -0.497 e. The first-order chi connectivity index (χ1) is 25.2. The van der Waals surface area contributed by atoms with Gasteiger partial charge in [0.25, 0.3) is 5.91 Å². The molecule has 4 aromatic rings. The van der Waals surface area contributed by atoms with Crippen LogP contribution in [-0.2, 0) is 19.1 Å². The van der Waals surface area contributed by atoms with Gasteiger partial charge in [0.05, 0.1) is 48.9 Å². The molecule has 268 valence electrons. The van der Waals surface area contributed by atoms with Crippen molar-refractivity contribution < 1.29 is 38.1 Å². The molecule has 12 nitrogen and oxygen atoms in total. The fourth-order valence-electron chi connectivity index (χ4n) is 8.62. The third kappa shape index (κ3) is 5.64. The maximum atomic E-state index is 14.1. The zero-order valence-corrected chi connectivity index (χ0v) is 30.1. The van der Waals surface area contributed by atoms with Gasteiger partial charge < -0.3 is 29.2 Å². The summed E-state index contributed by atoms with van der Waals surface area (Å²) in [6.07, 6.45) is 0.764. The van der Waals surface area contributed by atoms with Crippen molar-refractivity contribution >= 4 is 58.2 Å². The number of carbonyl (C=O) groups excluding carboxylic acids is 4. The number of hydrogen-bond acceptors (Lipinski definition) is 11. The van der Waals surface area contributed by atoms with Crippen LogP contribution < -0.4 is 29.3 Å². The molecule has 4 aliphatic rings. The zero-order valence-electron chi connectivity index (χ0n) is 28.5. The monoisotopic (exact) mass is 741 g/mol. The molecule has 7 atom stereocenters. The maximum Gasteiger partial charge on any atom is 0.338 e. The van der Waals surface area contributed by atoms with Gasteiger partial charge in [-0.1, -0.05) is 17.4 Å². The predicted octanol–water partition coefficient (Wildman–Crippen LogP) is 5.33. The van der Waals surface area contributed by atoms with Gasteiger partial charge in [-0.3, -0.25) is 24.1 Å². The molecular formula is C38H35N3O9S2. The van der Waals surface area contributed by atoms with E-state index in [1.54, 1.807) is 80.4 Å². The van der Waals surface area contributed by atoms with Crippen LogP contribution in [0.15, 0.2) is 76.6 Å². The Balaban J connectivity index is 1.03. The molecule has 2 aliphatic carbocycles. The summed E-state index contributed by atoms with van der Waals surface area (Å²) in [6.45, 7) is 1.71. The van der Waals surface area contributed by atoms with Crippen molar-refractivity contribution in [2.45, 2.75) is 29.5 Å². The number of imide groups is 1. The Kier molecular flexibility index (Phi) is 8.82. The summed E-state index contributed by atoms with van der Waals surface area (Å²) in [5, 5.41) is 3.59. The molecule has 2 saturated carbocycles. The zero-order chi connectivity index (χ0) is 36.3. The summed E-state index contributed by atoms with van der Waals surface area (Å²) in [5.74, 6) is -0.889. The van der Waals surface area contributed by atoms with Gasteiger partial charge in [-0.05, 0) is 97.3 Å². The van der Waals surface area contributed by atoms with E-state index in [4.69, 9.17) is 18.9 Å². The van der Waals surface area contributed by atoms with Crippen molar-refractivity contribution in [1.82, 2.24) is 4.98 Å². The molecule has 1 saturated heterocycles. The number of hydrogen-bond donors (Lipinski definition) is 2. The van der Waals surface area contributed by atoms with Crippen LogP contribution in [0.1, 0.15) is 40.1 Å². The van der Waals surface area contributed by atoms with Crippen molar-refractivity contribution in [3.8, 4) is 17.2 Å². The Morgan fingerprint density at radius 2 is 1.63 bits per heavy atom. The number of nitrogens with zero attached hydrogens (tertiary/aromatic N) is 1. The first-order valence-electron chi connectivity index (χ1n) is 17.0. The van der Waals surface area contributed by atoms with Crippen LogP contribution >= 0.6 is 23.1 Å². The summed E-state index contributed by atoms with van der Waals surface area (Å²) in [5.41, 5.74) is 2.32. The van der Waals surface area contributed by atoms with Gasteiger partial charge in [0.15, 0.2) is 18.1 Å². The van der Waals surface area contributed by atoms with E-state index in [0.29, 0.717) is 34.2 Å². The largest absolute Gasteiger partial charge is 0.497 e. The van der Waals surface area contributed by atoms with Crippen LogP contribution in [-0.4, -0.2) is 61.4 Å². The number of methoxy groups -OCH3 is 2. The lowest BCUT2D eigenvalue weighted by Crippen LogP contribution is -2.42. The lowest BCUT2D eigenvalue weighted by molar-refractivity contribution is -0.123. The topological polar surface area (TPSA) is 153 Å². The molecule has 8 rings (SSSR count). The highest BCUT2D eigenvalue weighted by Gasteiger charge is 2.69. The van der Waals surface area contributed by atoms with Gasteiger partial charge in [-0.15, -0.1) is 11.8 Å². The number of carbonyl (C=O) groups is 4. The van der Waals surface area contributed by atoms with Crippen LogP contribution in [0.5, 0.6) is 17.2 Å².